The van der Waals surface area contributed by atoms with Crippen molar-refractivity contribution in [1.82, 2.24) is 25.3 Å². The van der Waals surface area contributed by atoms with E-state index in [1.165, 1.54) is 0 Å². The van der Waals surface area contributed by atoms with Crippen LogP contribution in [0.4, 0.5) is 0 Å². The van der Waals surface area contributed by atoms with E-state index in [0.29, 0.717) is 19.1 Å². The Balaban J connectivity index is 1.97. The van der Waals surface area contributed by atoms with E-state index in [1.54, 1.807) is 18.8 Å². The lowest BCUT2D eigenvalue weighted by Crippen LogP contribution is -2.50. The zero-order chi connectivity index (χ0) is 15.2. The number of guanidine groups is 1. The van der Waals surface area contributed by atoms with Gasteiger partial charge in [0.1, 0.15) is 6.10 Å². The zero-order valence-corrected chi connectivity index (χ0v) is 12.7. The van der Waals surface area contributed by atoms with Crippen LogP contribution < -0.4 is 10.6 Å². The standard InChI is InChI=1S/C13H22N6O2/c1-14-12(20)7-16-13(15-2)19-4-5-21-11(9-19)10-6-17-18(3)8-10/h6,8,11H,4-5,7,9H2,1-3H3,(H,14,20)(H,15,16). The number of ether oxygens (including phenoxy) is 1. The van der Waals surface area contributed by atoms with Crippen molar-refractivity contribution in [2.75, 3.05) is 40.3 Å². The van der Waals surface area contributed by atoms with Crippen LogP contribution in [0.5, 0.6) is 0 Å². The molecule has 0 bridgehead atoms. The molecule has 2 N–H and O–H groups in total. The molecule has 2 heterocycles. The maximum Gasteiger partial charge on any atom is 0.239 e. The molecule has 1 amide bonds. The van der Waals surface area contributed by atoms with Crippen LogP contribution in [0.3, 0.4) is 0 Å². The monoisotopic (exact) mass is 294 g/mol. The molecular formula is C13H22N6O2. The molecule has 1 saturated heterocycles. The van der Waals surface area contributed by atoms with E-state index in [1.807, 2.05) is 19.4 Å². The first-order valence-electron chi connectivity index (χ1n) is 6.90. The van der Waals surface area contributed by atoms with Gasteiger partial charge in [0.05, 0.1) is 25.9 Å². The molecule has 1 aromatic rings. The van der Waals surface area contributed by atoms with Crippen molar-refractivity contribution in [3.63, 3.8) is 0 Å². The number of aryl methyl sites for hydroxylation is 1. The number of hydrogen-bond acceptors (Lipinski definition) is 4. The summed E-state index contributed by atoms with van der Waals surface area (Å²) < 4.78 is 7.55. The summed E-state index contributed by atoms with van der Waals surface area (Å²) in [6, 6.07) is 0. The van der Waals surface area contributed by atoms with Gasteiger partial charge >= 0.3 is 0 Å². The zero-order valence-electron chi connectivity index (χ0n) is 12.7. The summed E-state index contributed by atoms with van der Waals surface area (Å²) in [6.45, 7) is 2.24. The Kier molecular flexibility index (Phi) is 5.15. The van der Waals surface area contributed by atoms with E-state index in [4.69, 9.17) is 4.74 Å². The van der Waals surface area contributed by atoms with Crippen LogP contribution in [0.15, 0.2) is 17.4 Å². The van der Waals surface area contributed by atoms with Gasteiger partial charge in [-0.2, -0.15) is 5.10 Å². The Labute approximate surface area is 124 Å². The average Bonchev–Trinajstić information content (AvgIpc) is 2.94. The van der Waals surface area contributed by atoms with Crippen molar-refractivity contribution in [2.45, 2.75) is 6.10 Å². The Morgan fingerprint density at radius 2 is 2.43 bits per heavy atom. The number of carbonyl (C=O) groups excluding carboxylic acids is 1. The molecular weight excluding hydrogens is 272 g/mol. The van der Waals surface area contributed by atoms with E-state index >= 15 is 0 Å². The topological polar surface area (TPSA) is 83.8 Å². The van der Waals surface area contributed by atoms with Crippen molar-refractivity contribution < 1.29 is 9.53 Å². The Morgan fingerprint density at radius 3 is 3.05 bits per heavy atom. The molecule has 0 radical (unpaired) electrons. The third kappa shape index (κ3) is 3.94. The number of rotatable bonds is 3. The van der Waals surface area contributed by atoms with E-state index < -0.39 is 0 Å². The molecule has 116 valence electrons. The summed E-state index contributed by atoms with van der Waals surface area (Å²) in [5, 5.41) is 9.80. The third-order valence-corrected chi connectivity index (χ3v) is 3.36. The maximum absolute atomic E-state index is 11.3. The molecule has 1 atom stereocenters. The first-order valence-corrected chi connectivity index (χ1v) is 6.90. The number of nitrogens with zero attached hydrogens (tertiary/aromatic N) is 4. The fraction of sp³-hybridized carbons (Fsp3) is 0.615. The van der Waals surface area contributed by atoms with E-state index in [9.17, 15) is 4.79 Å². The van der Waals surface area contributed by atoms with Crippen LogP contribution in [-0.2, 0) is 16.6 Å². The maximum atomic E-state index is 11.3. The van der Waals surface area contributed by atoms with Crippen molar-refractivity contribution in [3.05, 3.63) is 18.0 Å². The molecule has 2 rings (SSSR count). The summed E-state index contributed by atoms with van der Waals surface area (Å²) in [5.41, 5.74) is 1.05. The summed E-state index contributed by atoms with van der Waals surface area (Å²) in [6.07, 6.45) is 3.73. The Hall–Kier alpha value is -2.09. The lowest BCUT2D eigenvalue weighted by atomic mass is 10.1. The lowest BCUT2D eigenvalue weighted by Gasteiger charge is -2.34. The highest BCUT2D eigenvalue weighted by Gasteiger charge is 2.25. The summed E-state index contributed by atoms with van der Waals surface area (Å²) >= 11 is 0. The number of amides is 1. The fourth-order valence-electron chi connectivity index (χ4n) is 2.23. The second-order valence-electron chi connectivity index (χ2n) is 4.83. The van der Waals surface area contributed by atoms with Gasteiger partial charge in [0, 0.05) is 39.4 Å². The van der Waals surface area contributed by atoms with Gasteiger partial charge in [-0.25, -0.2) is 0 Å². The van der Waals surface area contributed by atoms with Gasteiger partial charge < -0.3 is 20.3 Å². The normalized spacial score (nSPS) is 19.5. The number of carbonyl (C=O) groups is 1. The van der Waals surface area contributed by atoms with Crippen LogP contribution >= 0.6 is 0 Å². The van der Waals surface area contributed by atoms with Gasteiger partial charge in [-0.05, 0) is 0 Å². The van der Waals surface area contributed by atoms with Gasteiger partial charge in [0.15, 0.2) is 5.96 Å². The van der Waals surface area contributed by atoms with Crippen molar-refractivity contribution in [3.8, 4) is 0 Å². The van der Waals surface area contributed by atoms with Crippen LogP contribution in [-0.4, -0.2) is 66.9 Å². The highest BCUT2D eigenvalue weighted by Crippen LogP contribution is 2.21. The van der Waals surface area contributed by atoms with Gasteiger partial charge in [-0.1, -0.05) is 0 Å². The lowest BCUT2D eigenvalue weighted by molar-refractivity contribution is -0.119. The van der Waals surface area contributed by atoms with Crippen LogP contribution in [0.2, 0.25) is 0 Å². The first-order chi connectivity index (χ1) is 10.1. The molecule has 1 unspecified atom stereocenters. The minimum Gasteiger partial charge on any atom is -0.370 e. The molecule has 0 saturated carbocycles. The number of nitrogens with one attached hydrogen (secondary N) is 2. The Morgan fingerprint density at radius 1 is 1.62 bits per heavy atom. The van der Waals surface area contributed by atoms with Gasteiger partial charge in [-0.15, -0.1) is 0 Å². The molecule has 1 fully saturated rings. The number of likely N-dealkylation sites (N-methyl/N-ethyl adjacent to an activating group) is 1. The first kappa shape index (κ1) is 15.3. The van der Waals surface area contributed by atoms with E-state index in [-0.39, 0.29) is 18.6 Å². The van der Waals surface area contributed by atoms with E-state index in [2.05, 4.69) is 25.6 Å². The van der Waals surface area contributed by atoms with Crippen LogP contribution in [0.1, 0.15) is 11.7 Å². The van der Waals surface area contributed by atoms with Gasteiger partial charge in [0.2, 0.25) is 5.91 Å². The fourth-order valence-corrected chi connectivity index (χ4v) is 2.23. The highest BCUT2D eigenvalue weighted by atomic mass is 16.5. The predicted octanol–water partition coefficient (Wildman–Crippen LogP) is -0.885. The molecule has 0 aromatic carbocycles. The average molecular weight is 294 g/mol. The predicted molar refractivity (Wildman–Crippen MR) is 78.9 cm³/mol. The molecule has 1 aliphatic heterocycles. The Bertz CT molecular complexity index is 513. The molecule has 0 spiro atoms. The number of aliphatic imine (C=N–C) groups is 1. The SMILES string of the molecule is CN=C(NCC(=O)NC)N1CCOC(c2cnn(C)c2)C1. The largest absolute Gasteiger partial charge is 0.370 e. The molecule has 0 aliphatic carbocycles. The minimum absolute atomic E-state index is 0.0361. The van der Waals surface area contributed by atoms with Crippen molar-refractivity contribution >= 4 is 11.9 Å². The van der Waals surface area contributed by atoms with Crippen LogP contribution in [0, 0.1) is 0 Å². The van der Waals surface area contributed by atoms with Gasteiger partial charge in [0.25, 0.3) is 0 Å². The molecule has 8 heteroatoms. The quantitative estimate of drug-likeness (QED) is 0.558. The molecule has 21 heavy (non-hydrogen) atoms. The number of hydrogen-bond donors (Lipinski definition) is 2. The van der Waals surface area contributed by atoms with Gasteiger partial charge in [-0.3, -0.25) is 14.5 Å². The van der Waals surface area contributed by atoms with Crippen LogP contribution in [0.25, 0.3) is 0 Å². The molecule has 8 nitrogen and oxygen atoms in total. The molecule has 1 aromatic heterocycles. The smallest absolute Gasteiger partial charge is 0.239 e. The second kappa shape index (κ2) is 7.07. The number of aromatic nitrogens is 2. The summed E-state index contributed by atoms with van der Waals surface area (Å²) in [7, 11) is 5.20. The minimum atomic E-state index is -0.0757. The number of morpholine rings is 1. The summed E-state index contributed by atoms with van der Waals surface area (Å²) in [5.74, 6) is 0.629. The van der Waals surface area contributed by atoms with E-state index in [0.717, 1.165) is 12.1 Å². The third-order valence-electron chi connectivity index (χ3n) is 3.36. The molecule has 1 aliphatic rings. The highest BCUT2D eigenvalue weighted by molar-refractivity contribution is 5.86. The second-order valence-corrected chi connectivity index (χ2v) is 4.83. The summed E-state index contributed by atoms with van der Waals surface area (Å²) in [4.78, 5) is 17.6. The van der Waals surface area contributed by atoms with Crippen molar-refractivity contribution in [2.24, 2.45) is 12.0 Å². The van der Waals surface area contributed by atoms with Crippen molar-refractivity contribution in [1.29, 1.82) is 0 Å².